The highest BCUT2D eigenvalue weighted by Gasteiger charge is 2.27. The second-order valence-corrected chi connectivity index (χ2v) is 11.0. The Morgan fingerprint density at radius 2 is 1.85 bits per heavy atom. The highest BCUT2D eigenvalue weighted by Crippen LogP contribution is 2.37. The van der Waals surface area contributed by atoms with Gasteiger partial charge < -0.3 is 10.6 Å². The Kier molecular flexibility index (Phi) is 6.74. The third kappa shape index (κ3) is 4.77. The van der Waals surface area contributed by atoms with E-state index in [1.807, 2.05) is 4.57 Å². The zero-order valence-electron chi connectivity index (χ0n) is 19.2. The van der Waals surface area contributed by atoms with Gasteiger partial charge in [-0.3, -0.25) is 19.0 Å². The first-order chi connectivity index (χ1) is 16.5. The molecule has 0 radical (unpaired) electrons. The summed E-state index contributed by atoms with van der Waals surface area (Å²) in [5, 5.41) is 7.06. The van der Waals surface area contributed by atoms with Gasteiger partial charge >= 0.3 is 0 Å². The van der Waals surface area contributed by atoms with E-state index in [9.17, 15) is 14.4 Å². The van der Waals surface area contributed by atoms with E-state index in [-0.39, 0.29) is 29.2 Å². The average molecular weight is 497 g/mol. The van der Waals surface area contributed by atoms with Crippen LogP contribution in [0.3, 0.4) is 0 Å². The van der Waals surface area contributed by atoms with E-state index in [2.05, 4.69) is 10.6 Å². The average Bonchev–Trinajstić information content (AvgIpc) is 3.45. The lowest BCUT2D eigenvalue weighted by Crippen LogP contribution is -2.27. The van der Waals surface area contributed by atoms with Crippen LogP contribution in [0.15, 0.2) is 34.2 Å². The molecule has 0 atom stereocenters. The number of thiophene rings is 1. The number of thioether (sulfide) groups is 1. The Morgan fingerprint density at radius 1 is 1.12 bits per heavy atom. The number of fused-ring (bicyclic) bond motifs is 3. The van der Waals surface area contributed by atoms with Crippen LogP contribution in [0.2, 0.25) is 0 Å². The number of rotatable bonds is 6. The Bertz CT molecular complexity index is 1310. The Morgan fingerprint density at radius 3 is 2.62 bits per heavy atom. The second-order valence-electron chi connectivity index (χ2n) is 9.00. The number of benzene rings is 1. The number of carbonyl (C=O) groups is 2. The Labute approximate surface area is 206 Å². The van der Waals surface area contributed by atoms with Crippen LogP contribution >= 0.6 is 23.1 Å². The molecule has 178 valence electrons. The molecule has 2 heterocycles. The van der Waals surface area contributed by atoms with E-state index >= 15 is 0 Å². The number of carbonyl (C=O) groups excluding carboxylic acids is 2. The van der Waals surface area contributed by atoms with Gasteiger partial charge in [-0.1, -0.05) is 30.7 Å². The SMILES string of the molecule is CC(=O)Nc1cccc(NC(=O)CSc2nc3sc4c(c3c(=O)n2C2CCCC2)CCCC4)c1. The van der Waals surface area contributed by atoms with E-state index < -0.39 is 0 Å². The van der Waals surface area contributed by atoms with Crippen molar-refractivity contribution in [2.24, 2.45) is 0 Å². The summed E-state index contributed by atoms with van der Waals surface area (Å²) in [6.45, 7) is 1.44. The van der Waals surface area contributed by atoms with Crippen LogP contribution in [0.25, 0.3) is 10.2 Å². The second kappa shape index (κ2) is 9.92. The van der Waals surface area contributed by atoms with Crippen LogP contribution in [0, 0.1) is 0 Å². The summed E-state index contributed by atoms with van der Waals surface area (Å²) < 4.78 is 1.88. The highest BCUT2D eigenvalue weighted by atomic mass is 32.2. The molecule has 1 aromatic carbocycles. The van der Waals surface area contributed by atoms with E-state index in [1.54, 1.807) is 35.6 Å². The summed E-state index contributed by atoms with van der Waals surface area (Å²) in [5.74, 6) is -0.191. The summed E-state index contributed by atoms with van der Waals surface area (Å²) in [6.07, 6.45) is 8.48. The van der Waals surface area contributed by atoms with Crippen LogP contribution in [0.1, 0.15) is 61.9 Å². The molecule has 2 aliphatic carbocycles. The van der Waals surface area contributed by atoms with Gasteiger partial charge in [-0.25, -0.2) is 4.98 Å². The van der Waals surface area contributed by atoms with Crippen molar-refractivity contribution >= 4 is 56.5 Å². The fourth-order valence-corrected chi connectivity index (χ4v) is 7.16. The molecule has 9 heteroatoms. The van der Waals surface area contributed by atoms with Gasteiger partial charge in [0.25, 0.3) is 5.56 Å². The number of nitrogens with zero attached hydrogens (tertiary/aromatic N) is 2. The van der Waals surface area contributed by atoms with Gasteiger partial charge in [-0.2, -0.15) is 0 Å². The summed E-state index contributed by atoms with van der Waals surface area (Å²) in [4.78, 5) is 44.8. The molecule has 0 aliphatic heterocycles. The molecular weight excluding hydrogens is 468 g/mol. The molecule has 2 amide bonds. The van der Waals surface area contributed by atoms with Crippen molar-refractivity contribution in [1.82, 2.24) is 9.55 Å². The third-order valence-corrected chi connectivity index (χ3v) is 8.62. The van der Waals surface area contributed by atoms with Gasteiger partial charge in [0.05, 0.1) is 11.1 Å². The lowest BCUT2D eigenvalue weighted by molar-refractivity contribution is -0.114. The van der Waals surface area contributed by atoms with E-state index in [1.165, 1.54) is 35.5 Å². The molecule has 0 bridgehead atoms. The number of aromatic nitrogens is 2. The Balaban J connectivity index is 1.39. The lowest BCUT2D eigenvalue weighted by Gasteiger charge is -2.18. The highest BCUT2D eigenvalue weighted by molar-refractivity contribution is 7.99. The van der Waals surface area contributed by atoms with Crippen LogP contribution < -0.4 is 16.2 Å². The van der Waals surface area contributed by atoms with E-state index in [0.717, 1.165) is 55.2 Å². The molecule has 1 saturated carbocycles. The molecule has 0 saturated heterocycles. The predicted molar refractivity (Wildman–Crippen MR) is 138 cm³/mol. The molecule has 0 unspecified atom stereocenters. The van der Waals surface area contributed by atoms with Crippen LogP contribution in [-0.4, -0.2) is 27.1 Å². The number of amides is 2. The molecule has 2 aromatic heterocycles. The van der Waals surface area contributed by atoms with Gasteiger partial charge in [0.2, 0.25) is 11.8 Å². The first-order valence-electron chi connectivity index (χ1n) is 11.9. The summed E-state index contributed by atoms with van der Waals surface area (Å²) in [5.41, 5.74) is 2.52. The number of nitrogens with one attached hydrogen (secondary N) is 2. The maximum absolute atomic E-state index is 13.7. The van der Waals surface area contributed by atoms with Crippen molar-refractivity contribution in [2.75, 3.05) is 16.4 Å². The smallest absolute Gasteiger partial charge is 0.263 e. The summed E-state index contributed by atoms with van der Waals surface area (Å²) in [6, 6.07) is 7.20. The van der Waals surface area contributed by atoms with Crippen molar-refractivity contribution < 1.29 is 9.59 Å². The molecule has 1 fully saturated rings. The first-order valence-corrected chi connectivity index (χ1v) is 13.7. The van der Waals surface area contributed by atoms with Crippen LogP contribution in [0.4, 0.5) is 11.4 Å². The van der Waals surface area contributed by atoms with Gasteiger partial charge in [0.15, 0.2) is 5.16 Å². The normalized spacial score (nSPS) is 15.9. The zero-order chi connectivity index (χ0) is 23.7. The summed E-state index contributed by atoms with van der Waals surface area (Å²) in [7, 11) is 0. The molecule has 2 aliphatic rings. The van der Waals surface area contributed by atoms with E-state index in [4.69, 9.17) is 4.98 Å². The van der Waals surface area contributed by atoms with Crippen molar-refractivity contribution in [3.05, 3.63) is 45.1 Å². The van der Waals surface area contributed by atoms with Gasteiger partial charge in [0.1, 0.15) is 4.83 Å². The van der Waals surface area contributed by atoms with Crippen molar-refractivity contribution in [1.29, 1.82) is 0 Å². The Hall–Kier alpha value is -2.65. The molecule has 2 N–H and O–H groups in total. The van der Waals surface area contributed by atoms with Gasteiger partial charge in [-0.05, 0) is 62.3 Å². The monoisotopic (exact) mass is 496 g/mol. The molecule has 0 spiro atoms. The molecule has 3 aromatic rings. The van der Waals surface area contributed by atoms with Crippen LogP contribution in [0.5, 0.6) is 0 Å². The maximum Gasteiger partial charge on any atom is 0.263 e. The first kappa shape index (κ1) is 23.1. The summed E-state index contributed by atoms with van der Waals surface area (Å²) >= 11 is 2.98. The third-order valence-electron chi connectivity index (χ3n) is 6.48. The minimum absolute atomic E-state index is 0.0715. The zero-order valence-corrected chi connectivity index (χ0v) is 20.8. The van der Waals surface area contributed by atoms with Gasteiger partial charge in [-0.15, -0.1) is 11.3 Å². The maximum atomic E-state index is 13.7. The van der Waals surface area contributed by atoms with Gasteiger partial charge in [0, 0.05) is 29.2 Å². The fraction of sp³-hybridized carbons (Fsp3) is 0.440. The quantitative estimate of drug-likeness (QED) is 0.364. The number of hydrogen-bond donors (Lipinski definition) is 2. The standard InChI is InChI=1S/C25H28N4O3S2/c1-15(30)26-16-7-6-8-17(13-16)27-21(31)14-33-25-28-23-22(19-11-4-5-12-20(19)34-23)24(32)29(25)18-9-2-3-10-18/h6-8,13,18H,2-5,9-12,14H2,1H3,(H,26,30)(H,27,31). The van der Waals surface area contributed by atoms with Crippen LogP contribution in [-0.2, 0) is 22.4 Å². The van der Waals surface area contributed by atoms with Crippen molar-refractivity contribution in [3.8, 4) is 0 Å². The lowest BCUT2D eigenvalue weighted by atomic mass is 9.97. The number of anilines is 2. The fourth-order valence-electron chi connectivity index (χ4n) is 4.99. The molecule has 34 heavy (non-hydrogen) atoms. The minimum Gasteiger partial charge on any atom is -0.326 e. The molecule has 7 nitrogen and oxygen atoms in total. The van der Waals surface area contributed by atoms with Crippen molar-refractivity contribution in [2.45, 2.75) is 69.5 Å². The van der Waals surface area contributed by atoms with E-state index in [0.29, 0.717) is 16.5 Å². The predicted octanol–water partition coefficient (Wildman–Crippen LogP) is 5.14. The number of aryl methyl sites for hydroxylation is 2. The molecular formula is C25H28N4O3S2. The topological polar surface area (TPSA) is 93.1 Å². The van der Waals surface area contributed by atoms with Crippen molar-refractivity contribution in [3.63, 3.8) is 0 Å². The number of hydrogen-bond acceptors (Lipinski definition) is 6. The largest absolute Gasteiger partial charge is 0.326 e. The minimum atomic E-state index is -0.178. The molecule has 5 rings (SSSR count).